The van der Waals surface area contributed by atoms with Gasteiger partial charge in [0.25, 0.3) is 0 Å². The van der Waals surface area contributed by atoms with Gasteiger partial charge >= 0.3 is 5.97 Å². The van der Waals surface area contributed by atoms with Crippen molar-refractivity contribution < 1.29 is 9.90 Å². The Hall–Kier alpha value is -2.05. The number of anilines is 3. The van der Waals surface area contributed by atoms with E-state index in [2.05, 4.69) is 27.5 Å². The number of aromatic nitrogens is 2. The lowest BCUT2D eigenvalue weighted by molar-refractivity contribution is -0.138. The Morgan fingerprint density at radius 1 is 1.35 bits per heavy atom. The summed E-state index contributed by atoms with van der Waals surface area (Å²) in [5, 5.41) is 15.1. The summed E-state index contributed by atoms with van der Waals surface area (Å²) in [6, 6.07) is 1.01. The summed E-state index contributed by atoms with van der Waals surface area (Å²) >= 11 is 0. The van der Waals surface area contributed by atoms with Crippen molar-refractivity contribution in [1.29, 1.82) is 0 Å². The highest BCUT2D eigenvalue weighted by atomic mass is 16.4. The zero-order valence-corrected chi connectivity index (χ0v) is 12.0. The van der Waals surface area contributed by atoms with E-state index < -0.39 is 12.0 Å². The van der Waals surface area contributed by atoms with Gasteiger partial charge in [-0.05, 0) is 12.8 Å². The van der Waals surface area contributed by atoms with Gasteiger partial charge in [-0.15, -0.1) is 0 Å². The van der Waals surface area contributed by atoms with Crippen LogP contribution in [0.2, 0.25) is 0 Å². The zero-order chi connectivity index (χ0) is 15.0. The first-order chi connectivity index (χ1) is 9.56. The van der Waals surface area contributed by atoms with Gasteiger partial charge in [0, 0.05) is 12.6 Å². The standard InChI is InChI=1S/C13H23N5O2/c1-3-5-7-15-10-8-11(18-13(14)17-10)16-9(6-4-2)12(19)20/h8-9H,3-7H2,1-2H3,(H,19,20)(H4,14,15,16,17,18). The van der Waals surface area contributed by atoms with E-state index in [4.69, 9.17) is 10.8 Å². The highest BCUT2D eigenvalue weighted by Gasteiger charge is 2.17. The molecule has 1 heterocycles. The number of nitrogens with zero attached hydrogens (tertiary/aromatic N) is 2. The van der Waals surface area contributed by atoms with Crippen molar-refractivity contribution in [3.63, 3.8) is 0 Å². The van der Waals surface area contributed by atoms with Crippen molar-refractivity contribution in [2.45, 2.75) is 45.6 Å². The maximum Gasteiger partial charge on any atom is 0.326 e. The van der Waals surface area contributed by atoms with E-state index in [0.717, 1.165) is 25.8 Å². The van der Waals surface area contributed by atoms with E-state index in [0.29, 0.717) is 18.1 Å². The summed E-state index contributed by atoms with van der Waals surface area (Å²) in [6.07, 6.45) is 3.40. The summed E-state index contributed by atoms with van der Waals surface area (Å²) in [4.78, 5) is 19.2. The average Bonchev–Trinajstić information content (AvgIpc) is 2.38. The monoisotopic (exact) mass is 281 g/mol. The van der Waals surface area contributed by atoms with Crippen molar-refractivity contribution >= 4 is 23.6 Å². The summed E-state index contributed by atoms with van der Waals surface area (Å²) in [6.45, 7) is 4.83. The lowest BCUT2D eigenvalue weighted by Crippen LogP contribution is -2.29. The van der Waals surface area contributed by atoms with E-state index in [-0.39, 0.29) is 5.95 Å². The van der Waals surface area contributed by atoms with Crippen LogP contribution in [0, 0.1) is 0 Å². The molecule has 7 heteroatoms. The molecule has 112 valence electrons. The van der Waals surface area contributed by atoms with Gasteiger partial charge in [0.1, 0.15) is 17.7 Å². The number of nitrogens with two attached hydrogens (primary N) is 1. The number of carboxylic acids is 1. The van der Waals surface area contributed by atoms with Gasteiger partial charge in [-0.3, -0.25) is 0 Å². The van der Waals surface area contributed by atoms with Gasteiger partial charge in [0.2, 0.25) is 5.95 Å². The number of aliphatic carboxylic acids is 1. The fourth-order valence-electron chi connectivity index (χ4n) is 1.75. The van der Waals surface area contributed by atoms with Crippen LogP contribution >= 0.6 is 0 Å². The Morgan fingerprint density at radius 3 is 2.65 bits per heavy atom. The summed E-state index contributed by atoms with van der Waals surface area (Å²) in [7, 11) is 0. The van der Waals surface area contributed by atoms with Gasteiger partial charge in [0.05, 0.1) is 0 Å². The maximum atomic E-state index is 11.1. The first-order valence-corrected chi connectivity index (χ1v) is 6.94. The third-order valence-corrected chi connectivity index (χ3v) is 2.78. The number of carboxylic acid groups (broad SMARTS) is 1. The number of nitrogens with one attached hydrogen (secondary N) is 2. The van der Waals surface area contributed by atoms with Crippen LogP contribution in [0.15, 0.2) is 6.07 Å². The number of carbonyl (C=O) groups is 1. The van der Waals surface area contributed by atoms with Gasteiger partial charge in [-0.1, -0.05) is 26.7 Å². The van der Waals surface area contributed by atoms with Crippen molar-refractivity contribution in [1.82, 2.24) is 9.97 Å². The third-order valence-electron chi connectivity index (χ3n) is 2.78. The molecule has 0 saturated carbocycles. The minimum Gasteiger partial charge on any atom is -0.480 e. The first-order valence-electron chi connectivity index (χ1n) is 6.94. The highest BCUT2D eigenvalue weighted by molar-refractivity contribution is 5.77. The molecule has 0 bridgehead atoms. The van der Waals surface area contributed by atoms with Crippen LogP contribution < -0.4 is 16.4 Å². The fraction of sp³-hybridized carbons (Fsp3) is 0.615. The average molecular weight is 281 g/mol. The Labute approximate surface area is 119 Å². The Morgan fingerprint density at radius 2 is 2.05 bits per heavy atom. The molecule has 0 fully saturated rings. The van der Waals surface area contributed by atoms with E-state index in [1.165, 1.54) is 0 Å². The molecular weight excluding hydrogens is 258 g/mol. The van der Waals surface area contributed by atoms with E-state index in [1.807, 2.05) is 6.92 Å². The molecule has 0 aliphatic rings. The molecule has 1 aromatic heterocycles. The lowest BCUT2D eigenvalue weighted by atomic mass is 10.2. The predicted molar refractivity (Wildman–Crippen MR) is 79.8 cm³/mol. The fourth-order valence-corrected chi connectivity index (χ4v) is 1.75. The Kier molecular flexibility index (Phi) is 6.55. The second-order valence-electron chi connectivity index (χ2n) is 4.60. The SMILES string of the molecule is CCCCNc1cc(NC(CCC)C(=O)O)nc(N)n1. The van der Waals surface area contributed by atoms with Gasteiger partial charge in [-0.25, -0.2) is 4.79 Å². The molecule has 1 rings (SSSR count). The predicted octanol–water partition coefficient (Wildman–Crippen LogP) is 1.94. The van der Waals surface area contributed by atoms with Crippen molar-refractivity contribution in [3.05, 3.63) is 6.07 Å². The summed E-state index contributed by atoms with van der Waals surface area (Å²) in [5.74, 6) is 0.255. The molecule has 0 spiro atoms. The molecule has 1 unspecified atom stereocenters. The quantitative estimate of drug-likeness (QED) is 0.511. The van der Waals surface area contributed by atoms with Crippen LogP contribution in [0.25, 0.3) is 0 Å². The summed E-state index contributed by atoms with van der Waals surface area (Å²) < 4.78 is 0. The van der Waals surface area contributed by atoms with E-state index >= 15 is 0 Å². The first kappa shape index (κ1) is 16.0. The van der Waals surface area contributed by atoms with Crippen LogP contribution in [0.1, 0.15) is 39.5 Å². The van der Waals surface area contributed by atoms with Crippen LogP contribution in [-0.4, -0.2) is 33.6 Å². The number of rotatable bonds is 9. The largest absolute Gasteiger partial charge is 0.480 e. The molecule has 5 N–H and O–H groups in total. The lowest BCUT2D eigenvalue weighted by Gasteiger charge is -2.15. The van der Waals surface area contributed by atoms with Crippen LogP contribution in [-0.2, 0) is 4.79 Å². The molecule has 0 aliphatic carbocycles. The number of hydrogen-bond donors (Lipinski definition) is 4. The molecule has 20 heavy (non-hydrogen) atoms. The highest BCUT2D eigenvalue weighted by Crippen LogP contribution is 2.15. The minimum absolute atomic E-state index is 0.120. The van der Waals surface area contributed by atoms with E-state index in [1.54, 1.807) is 6.07 Å². The molecule has 1 atom stereocenters. The van der Waals surface area contributed by atoms with Gasteiger partial charge < -0.3 is 21.5 Å². The van der Waals surface area contributed by atoms with Crippen molar-refractivity contribution in [2.75, 3.05) is 22.9 Å². The molecule has 1 aromatic rings. The second kappa shape index (κ2) is 8.19. The molecule has 0 radical (unpaired) electrons. The van der Waals surface area contributed by atoms with Crippen LogP contribution in [0.3, 0.4) is 0 Å². The van der Waals surface area contributed by atoms with Crippen molar-refractivity contribution in [2.24, 2.45) is 0 Å². The van der Waals surface area contributed by atoms with Crippen LogP contribution in [0.4, 0.5) is 17.6 Å². The minimum atomic E-state index is -0.899. The van der Waals surface area contributed by atoms with Crippen LogP contribution in [0.5, 0.6) is 0 Å². The number of nitrogen functional groups attached to an aromatic ring is 1. The number of unbranched alkanes of at least 4 members (excludes halogenated alkanes) is 1. The molecule has 0 saturated heterocycles. The topological polar surface area (TPSA) is 113 Å². The molecular formula is C13H23N5O2. The maximum absolute atomic E-state index is 11.1. The molecule has 0 amide bonds. The van der Waals surface area contributed by atoms with E-state index in [9.17, 15) is 4.79 Å². The Balaban J connectivity index is 2.75. The second-order valence-corrected chi connectivity index (χ2v) is 4.60. The Bertz CT molecular complexity index is 439. The van der Waals surface area contributed by atoms with Gasteiger partial charge in [0.15, 0.2) is 0 Å². The summed E-state index contributed by atoms with van der Waals surface area (Å²) in [5.41, 5.74) is 5.64. The van der Waals surface area contributed by atoms with Gasteiger partial charge in [-0.2, -0.15) is 9.97 Å². The zero-order valence-electron chi connectivity index (χ0n) is 12.0. The number of hydrogen-bond acceptors (Lipinski definition) is 6. The molecule has 0 aliphatic heterocycles. The molecule has 0 aromatic carbocycles. The third kappa shape index (κ3) is 5.29. The molecule has 7 nitrogen and oxygen atoms in total. The normalized spacial score (nSPS) is 11.9. The smallest absolute Gasteiger partial charge is 0.326 e. The van der Waals surface area contributed by atoms with Crippen molar-refractivity contribution in [3.8, 4) is 0 Å².